The number of furan rings is 1. The van der Waals surface area contributed by atoms with Gasteiger partial charge in [-0.3, -0.25) is 0 Å². The minimum atomic E-state index is 0.596. The number of benzene rings is 9. The Hall–Kier alpha value is -7.89. The number of aromatic nitrogens is 4. The van der Waals surface area contributed by atoms with Crippen molar-refractivity contribution >= 4 is 65.3 Å². The molecule has 3 aromatic heterocycles. The highest BCUT2D eigenvalue weighted by molar-refractivity contribution is 6.25. The van der Waals surface area contributed by atoms with E-state index in [1.165, 1.54) is 32.7 Å². The first-order chi connectivity index (χ1) is 28.8. The summed E-state index contributed by atoms with van der Waals surface area (Å²) in [6.45, 7) is 0. The smallest absolute Gasteiger partial charge is 0.164 e. The van der Waals surface area contributed by atoms with Crippen LogP contribution in [0.25, 0.3) is 116 Å². The Morgan fingerprint density at radius 1 is 0.328 bits per heavy atom. The van der Waals surface area contributed by atoms with Crippen LogP contribution in [0.1, 0.15) is 0 Å². The van der Waals surface area contributed by atoms with Gasteiger partial charge in [-0.25, -0.2) is 15.0 Å². The Balaban J connectivity index is 1.10. The van der Waals surface area contributed by atoms with Crippen LogP contribution in [-0.4, -0.2) is 19.5 Å². The lowest BCUT2D eigenvalue weighted by Gasteiger charge is -2.12. The van der Waals surface area contributed by atoms with E-state index < -0.39 is 0 Å². The van der Waals surface area contributed by atoms with E-state index >= 15 is 0 Å². The lowest BCUT2D eigenvalue weighted by Crippen LogP contribution is -2.00. The molecule has 12 rings (SSSR count). The molecule has 9 aromatic carbocycles. The maximum Gasteiger partial charge on any atom is 0.164 e. The number of hydrogen-bond acceptors (Lipinski definition) is 4. The number of para-hydroxylation sites is 1. The third-order valence-electron chi connectivity index (χ3n) is 11.4. The molecule has 0 aliphatic carbocycles. The summed E-state index contributed by atoms with van der Waals surface area (Å²) in [5.74, 6) is 1.84. The van der Waals surface area contributed by atoms with E-state index in [1.807, 2.05) is 60.7 Å². The van der Waals surface area contributed by atoms with Crippen LogP contribution in [0, 0.1) is 0 Å². The van der Waals surface area contributed by atoms with Gasteiger partial charge in [0.2, 0.25) is 0 Å². The molecule has 0 aliphatic rings. The summed E-state index contributed by atoms with van der Waals surface area (Å²) in [5, 5.41) is 9.20. The molecule has 0 bridgehead atoms. The van der Waals surface area contributed by atoms with Crippen LogP contribution in [0.3, 0.4) is 0 Å². The molecule has 5 nitrogen and oxygen atoms in total. The molecule has 0 saturated carbocycles. The molecule has 0 unspecified atom stereocenters. The standard InChI is InChI=1S/C53H32N4O/c1-4-16-33(17-5-1)43-31-46-49(39-24-12-10-22-37(39)43)41-26-14-15-27-45(41)57(46)36-28-29-42-47(30-36)58-48-32-44(38-23-11-13-25-40(38)50(42)48)53-55-51(34-18-6-2-7-19-34)54-52(56-53)35-20-8-3-9-21-35/h1-32H. The molecule has 270 valence electrons. The largest absolute Gasteiger partial charge is 0.456 e. The minimum absolute atomic E-state index is 0.596. The van der Waals surface area contributed by atoms with Crippen molar-refractivity contribution in [2.24, 2.45) is 0 Å². The Morgan fingerprint density at radius 3 is 1.50 bits per heavy atom. The second kappa shape index (κ2) is 12.8. The molecule has 0 N–H and O–H groups in total. The zero-order valence-electron chi connectivity index (χ0n) is 31.2. The molecule has 12 aromatic rings. The van der Waals surface area contributed by atoms with Crippen LogP contribution in [0.15, 0.2) is 199 Å². The van der Waals surface area contributed by atoms with Crippen LogP contribution in [-0.2, 0) is 0 Å². The third kappa shape index (κ3) is 5.00. The van der Waals surface area contributed by atoms with Gasteiger partial charge in [-0.15, -0.1) is 0 Å². The van der Waals surface area contributed by atoms with Crippen molar-refractivity contribution in [3.63, 3.8) is 0 Å². The molecule has 0 radical (unpaired) electrons. The summed E-state index contributed by atoms with van der Waals surface area (Å²) in [7, 11) is 0. The molecule has 0 amide bonds. The molecular formula is C53H32N4O. The van der Waals surface area contributed by atoms with Crippen molar-refractivity contribution < 1.29 is 4.42 Å². The normalized spacial score (nSPS) is 11.8. The second-order valence-corrected chi connectivity index (χ2v) is 14.7. The number of fused-ring (bicyclic) bond motifs is 10. The maximum absolute atomic E-state index is 6.89. The van der Waals surface area contributed by atoms with Crippen LogP contribution in [0.2, 0.25) is 0 Å². The van der Waals surface area contributed by atoms with Crippen molar-refractivity contribution in [1.82, 2.24) is 19.5 Å². The van der Waals surface area contributed by atoms with E-state index in [1.54, 1.807) is 0 Å². The van der Waals surface area contributed by atoms with Crippen LogP contribution >= 0.6 is 0 Å². The Morgan fingerprint density at radius 2 is 0.845 bits per heavy atom. The van der Waals surface area contributed by atoms with E-state index in [0.717, 1.165) is 66.1 Å². The molecule has 0 atom stereocenters. The summed E-state index contributed by atoms with van der Waals surface area (Å²) in [5.41, 5.74) is 10.1. The first-order valence-corrected chi connectivity index (χ1v) is 19.5. The molecular weight excluding hydrogens is 709 g/mol. The van der Waals surface area contributed by atoms with E-state index in [4.69, 9.17) is 19.4 Å². The van der Waals surface area contributed by atoms with Gasteiger partial charge in [-0.05, 0) is 63.0 Å². The third-order valence-corrected chi connectivity index (χ3v) is 11.4. The van der Waals surface area contributed by atoms with Gasteiger partial charge in [0.05, 0.1) is 11.0 Å². The molecule has 5 heteroatoms. The fourth-order valence-corrected chi connectivity index (χ4v) is 8.85. The van der Waals surface area contributed by atoms with Crippen LogP contribution in [0.4, 0.5) is 0 Å². The molecule has 0 fully saturated rings. The zero-order chi connectivity index (χ0) is 38.2. The molecule has 3 heterocycles. The fraction of sp³-hybridized carbons (Fsp3) is 0. The predicted molar refractivity (Wildman–Crippen MR) is 238 cm³/mol. The van der Waals surface area contributed by atoms with Gasteiger partial charge in [0.1, 0.15) is 11.2 Å². The van der Waals surface area contributed by atoms with Gasteiger partial charge in [0.25, 0.3) is 0 Å². The van der Waals surface area contributed by atoms with E-state index in [-0.39, 0.29) is 0 Å². The molecule has 0 aliphatic heterocycles. The number of rotatable bonds is 5. The predicted octanol–water partition coefficient (Wildman–Crippen LogP) is 13.8. The van der Waals surface area contributed by atoms with Crippen molar-refractivity contribution in [3.8, 4) is 51.0 Å². The number of nitrogens with zero attached hydrogens (tertiary/aromatic N) is 4. The maximum atomic E-state index is 6.89. The van der Waals surface area contributed by atoms with E-state index in [0.29, 0.717) is 17.5 Å². The Labute approximate surface area is 333 Å². The highest BCUT2D eigenvalue weighted by Gasteiger charge is 2.21. The van der Waals surface area contributed by atoms with Crippen molar-refractivity contribution in [2.75, 3.05) is 0 Å². The average Bonchev–Trinajstić information content (AvgIpc) is 3.84. The van der Waals surface area contributed by atoms with Crippen molar-refractivity contribution in [2.45, 2.75) is 0 Å². The van der Waals surface area contributed by atoms with Crippen molar-refractivity contribution in [3.05, 3.63) is 194 Å². The summed E-state index contributed by atoms with van der Waals surface area (Å²) in [6.07, 6.45) is 0. The molecule has 0 spiro atoms. The first kappa shape index (κ1) is 32.4. The SMILES string of the molecule is c1ccc(-c2nc(-c3ccccc3)nc(-c3cc4oc5cc(-n6c7ccccc7c7c8ccccc8c(-c8ccccc8)cc76)ccc5c4c4ccccc34)n2)cc1. The zero-order valence-corrected chi connectivity index (χ0v) is 31.2. The fourth-order valence-electron chi connectivity index (χ4n) is 8.85. The summed E-state index contributed by atoms with van der Waals surface area (Å²) in [4.78, 5) is 15.1. The lowest BCUT2D eigenvalue weighted by atomic mass is 9.95. The van der Waals surface area contributed by atoms with Gasteiger partial charge in [0.15, 0.2) is 17.5 Å². The highest BCUT2D eigenvalue weighted by Crippen LogP contribution is 2.44. The van der Waals surface area contributed by atoms with Gasteiger partial charge in [-0.1, -0.05) is 158 Å². The van der Waals surface area contributed by atoms with E-state index in [9.17, 15) is 0 Å². The quantitative estimate of drug-likeness (QED) is 0.176. The molecule has 58 heavy (non-hydrogen) atoms. The van der Waals surface area contributed by atoms with Crippen LogP contribution in [0.5, 0.6) is 0 Å². The second-order valence-electron chi connectivity index (χ2n) is 14.7. The monoisotopic (exact) mass is 740 g/mol. The Bertz CT molecular complexity index is 3500. The van der Waals surface area contributed by atoms with Gasteiger partial charge in [0, 0.05) is 50.0 Å². The highest BCUT2D eigenvalue weighted by atomic mass is 16.3. The van der Waals surface area contributed by atoms with Crippen LogP contribution < -0.4 is 0 Å². The van der Waals surface area contributed by atoms with Gasteiger partial charge >= 0.3 is 0 Å². The Kier molecular flexibility index (Phi) is 7.16. The first-order valence-electron chi connectivity index (χ1n) is 19.5. The molecule has 0 saturated heterocycles. The van der Waals surface area contributed by atoms with Gasteiger partial charge in [-0.2, -0.15) is 0 Å². The topological polar surface area (TPSA) is 56.7 Å². The van der Waals surface area contributed by atoms with E-state index in [2.05, 4.69) is 138 Å². The summed E-state index contributed by atoms with van der Waals surface area (Å²) >= 11 is 0. The minimum Gasteiger partial charge on any atom is -0.456 e. The average molecular weight is 741 g/mol. The van der Waals surface area contributed by atoms with Gasteiger partial charge < -0.3 is 8.98 Å². The van der Waals surface area contributed by atoms with Crippen molar-refractivity contribution in [1.29, 1.82) is 0 Å². The summed E-state index contributed by atoms with van der Waals surface area (Å²) in [6, 6.07) is 67.9. The summed E-state index contributed by atoms with van der Waals surface area (Å²) < 4.78 is 9.28. The lowest BCUT2D eigenvalue weighted by molar-refractivity contribution is 0.669. The number of hydrogen-bond donors (Lipinski definition) is 0.